The van der Waals surface area contributed by atoms with Crippen LogP contribution < -0.4 is 5.43 Å². The van der Waals surface area contributed by atoms with Crippen LogP contribution in [-0.2, 0) is 11.3 Å². The quantitative estimate of drug-likeness (QED) is 0.245. The van der Waals surface area contributed by atoms with E-state index in [-0.39, 0.29) is 18.0 Å². The summed E-state index contributed by atoms with van der Waals surface area (Å²) < 4.78 is 1.96. The van der Waals surface area contributed by atoms with Crippen LogP contribution in [0.2, 0.25) is 0 Å². The molecule has 0 aliphatic rings. The molecule has 4 aromatic rings. The topological polar surface area (TPSA) is 102 Å². The van der Waals surface area contributed by atoms with Gasteiger partial charge in [-0.25, -0.2) is 10.4 Å². The van der Waals surface area contributed by atoms with Crippen molar-refractivity contribution in [3.63, 3.8) is 0 Å². The zero-order valence-electron chi connectivity index (χ0n) is 17.7. The molecule has 0 radical (unpaired) electrons. The van der Waals surface area contributed by atoms with Crippen LogP contribution in [0.4, 0.5) is 5.69 Å². The smallest absolute Gasteiger partial charge is 0.270 e. The summed E-state index contributed by atoms with van der Waals surface area (Å²) in [5.41, 5.74) is 6.77. The summed E-state index contributed by atoms with van der Waals surface area (Å²) >= 11 is 0. The standard InChI is InChI=1S/C25H21N5O3/c31-23(28-27-17-19-8-7-13-22(16-19)30(32)33)14-15-29-18-26-24(20-9-3-1-4-10-20)25(29)21-11-5-2-6-12-21/h1-13,16-18H,14-15H2,(H,28,31). The maximum atomic E-state index is 12.3. The van der Waals surface area contributed by atoms with Crippen LogP contribution >= 0.6 is 0 Å². The molecular formula is C25H21N5O3. The predicted molar refractivity (Wildman–Crippen MR) is 127 cm³/mol. The number of nitrogens with zero attached hydrogens (tertiary/aromatic N) is 4. The fourth-order valence-corrected chi connectivity index (χ4v) is 3.43. The number of nitro groups is 1. The van der Waals surface area contributed by atoms with Crippen LogP contribution in [0.25, 0.3) is 22.5 Å². The molecule has 0 bridgehead atoms. The first kappa shape index (κ1) is 21.6. The molecule has 3 aromatic carbocycles. The van der Waals surface area contributed by atoms with Crippen LogP contribution in [0.1, 0.15) is 12.0 Å². The third-order valence-electron chi connectivity index (χ3n) is 5.00. The van der Waals surface area contributed by atoms with E-state index in [1.54, 1.807) is 18.5 Å². The number of aromatic nitrogens is 2. The Morgan fingerprint density at radius 2 is 1.70 bits per heavy atom. The number of carbonyl (C=O) groups excluding carboxylic acids is 1. The Morgan fingerprint density at radius 3 is 2.39 bits per heavy atom. The van der Waals surface area contributed by atoms with Gasteiger partial charge in [-0.3, -0.25) is 14.9 Å². The second-order valence-electron chi connectivity index (χ2n) is 7.26. The lowest BCUT2D eigenvalue weighted by molar-refractivity contribution is -0.384. The minimum absolute atomic E-state index is 0.0342. The third kappa shape index (κ3) is 5.37. The van der Waals surface area contributed by atoms with Gasteiger partial charge in [-0.1, -0.05) is 72.8 Å². The summed E-state index contributed by atoms with van der Waals surface area (Å²) in [4.78, 5) is 27.3. The Labute approximate surface area is 190 Å². The summed E-state index contributed by atoms with van der Waals surface area (Å²) in [6.07, 6.45) is 3.31. The van der Waals surface area contributed by atoms with Gasteiger partial charge in [0, 0.05) is 41.8 Å². The van der Waals surface area contributed by atoms with Crippen molar-refractivity contribution in [2.45, 2.75) is 13.0 Å². The fourth-order valence-electron chi connectivity index (χ4n) is 3.43. The summed E-state index contributed by atoms with van der Waals surface area (Å²) in [6.45, 7) is 0.419. The van der Waals surface area contributed by atoms with Crippen molar-refractivity contribution in [2.24, 2.45) is 5.10 Å². The van der Waals surface area contributed by atoms with E-state index in [4.69, 9.17) is 0 Å². The molecule has 0 saturated carbocycles. The van der Waals surface area contributed by atoms with Crippen molar-refractivity contribution in [1.82, 2.24) is 15.0 Å². The number of benzene rings is 3. The predicted octanol–water partition coefficient (Wildman–Crippen LogP) is 4.67. The van der Waals surface area contributed by atoms with Gasteiger partial charge in [0.15, 0.2) is 0 Å². The zero-order chi connectivity index (χ0) is 23.0. The number of hydrazone groups is 1. The largest absolute Gasteiger partial charge is 0.330 e. The van der Waals surface area contributed by atoms with E-state index in [1.165, 1.54) is 18.3 Å². The van der Waals surface area contributed by atoms with E-state index in [2.05, 4.69) is 15.5 Å². The summed E-state index contributed by atoms with van der Waals surface area (Å²) in [7, 11) is 0. The number of nitro benzene ring substituents is 1. The maximum Gasteiger partial charge on any atom is 0.270 e. The fraction of sp³-hybridized carbons (Fsp3) is 0.0800. The Morgan fingerprint density at radius 1 is 1.00 bits per heavy atom. The molecular weight excluding hydrogens is 418 g/mol. The van der Waals surface area contributed by atoms with E-state index >= 15 is 0 Å². The lowest BCUT2D eigenvalue weighted by Crippen LogP contribution is -2.19. The van der Waals surface area contributed by atoms with Crippen LogP contribution in [-0.4, -0.2) is 26.6 Å². The van der Waals surface area contributed by atoms with Crippen molar-refractivity contribution in [3.05, 3.63) is 107 Å². The van der Waals surface area contributed by atoms with Crippen LogP contribution in [0.3, 0.4) is 0 Å². The molecule has 8 nitrogen and oxygen atoms in total. The molecule has 164 valence electrons. The zero-order valence-corrected chi connectivity index (χ0v) is 17.7. The molecule has 0 saturated heterocycles. The van der Waals surface area contributed by atoms with E-state index in [9.17, 15) is 14.9 Å². The lowest BCUT2D eigenvalue weighted by Gasteiger charge is -2.10. The van der Waals surface area contributed by atoms with Gasteiger partial charge in [0.1, 0.15) is 0 Å². The number of non-ortho nitro benzene ring substituents is 1. The number of imidazole rings is 1. The van der Waals surface area contributed by atoms with Gasteiger partial charge in [-0.05, 0) is 0 Å². The van der Waals surface area contributed by atoms with E-state index in [0.29, 0.717) is 12.1 Å². The number of carbonyl (C=O) groups is 1. The second-order valence-corrected chi connectivity index (χ2v) is 7.26. The minimum atomic E-state index is -0.477. The normalized spacial score (nSPS) is 10.9. The molecule has 0 unspecified atom stereocenters. The van der Waals surface area contributed by atoms with Gasteiger partial charge in [-0.2, -0.15) is 5.10 Å². The molecule has 0 atom stereocenters. The number of nitrogens with one attached hydrogen (secondary N) is 1. The Hall–Kier alpha value is -4.59. The molecule has 0 aliphatic heterocycles. The number of hydrogen-bond donors (Lipinski definition) is 1. The number of hydrogen-bond acceptors (Lipinski definition) is 5. The highest BCUT2D eigenvalue weighted by atomic mass is 16.6. The van der Waals surface area contributed by atoms with Crippen molar-refractivity contribution in [1.29, 1.82) is 0 Å². The van der Waals surface area contributed by atoms with Crippen LogP contribution in [0.15, 0.2) is 96.4 Å². The van der Waals surface area contributed by atoms with Crippen molar-refractivity contribution in [2.75, 3.05) is 0 Å². The first-order valence-electron chi connectivity index (χ1n) is 10.3. The molecule has 33 heavy (non-hydrogen) atoms. The molecule has 4 rings (SSSR count). The number of aryl methyl sites for hydroxylation is 1. The first-order chi connectivity index (χ1) is 16.1. The highest BCUT2D eigenvalue weighted by Crippen LogP contribution is 2.31. The monoisotopic (exact) mass is 439 g/mol. The Bertz CT molecular complexity index is 1280. The lowest BCUT2D eigenvalue weighted by atomic mass is 10.0. The van der Waals surface area contributed by atoms with Crippen LogP contribution in [0.5, 0.6) is 0 Å². The second kappa shape index (κ2) is 10.1. The van der Waals surface area contributed by atoms with Gasteiger partial charge in [0.05, 0.1) is 28.9 Å². The molecule has 1 N–H and O–H groups in total. The molecule has 0 fully saturated rings. The highest BCUT2D eigenvalue weighted by Gasteiger charge is 2.15. The van der Waals surface area contributed by atoms with Gasteiger partial charge in [-0.15, -0.1) is 0 Å². The Kier molecular flexibility index (Phi) is 6.65. The SMILES string of the molecule is O=C(CCn1cnc(-c2ccccc2)c1-c1ccccc1)NN=Cc1cccc([N+](=O)[O-])c1. The van der Waals surface area contributed by atoms with Crippen molar-refractivity contribution < 1.29 is 9.72 Å². The van der Waals surface area contributed by atoms with Gasteiger partial charge in [0.25, 0.3) is 5.69 Å². The maximum absolute atomic E-state index is 12.3. The molecule has 0 spiro atoms. The molecule has 1 aromatic heterocycles. The van der Waals surface area contributed by atoms with Gasteiger partial charge < -0.3 is 4.57 Å². The average molecular weight is 439 g/mol. The Balaban J connectivity index is 1.46. The summed E-state index contributed by atoms with van der Waals surface area (Å²) in [5.74, 6) is -0.273. The molecule has 1 heterocycles. The van der Waals surface area contributed by atoms with Crippen LogP contribution in [0, 0.1) is 10.1 Å². The van der Waals surface area contributed by atoms with Gasteiger partial charge >= 0.3 is 0 Å². The number of amides is 1. The first-order valence-corrected chi connectivity index (χ1v) is 10.3. The minimum Gasteiger partial charge on any atom is -0.330 e. The summed E-state index contributed by atoms with van der Waals surface area (Å²) in [6, 6.07) is 25.9. The average Bonchev–Trinajstić information content (AvgIpc) is 3.28. The molecule has 0 aliphatic carbocycles. The third-order valence-corrected chi connectivity index (χ3v) is 5.00. The van der Waals surface area contributed by atoms with Gasteiger partial charge in [0.2, 0.25) is 5.91 Å². The molecule has 8 heteroatoms. The number of rotatable bonds is 8. The van der Waals surface area contributed by atoms with E-state index in [0.717, 1.165) is 22.5 Å². The van der Waals surface area contributed by atoms with Crippen molar-refractivity contribution in [3.8, 4) is 22.5 Å². The highest BCUT2D eigenvalue weighted by molar-refractivity contribution is 5.83. The molecule has 1 amide bonds. The summed E-state index contributed by atoms with van der Waals surface area (Å²) in [5, 5.41) is 14.8. The van der Waals surface area contributed by atoms with E-state index in [1.807, 2.05) is 65.2 Å². The van der Waals surface area contributed by atoms with Crippen molar-refractivity contribution >= 4 is 17.8 Å². The van der Waals surface area contributed by atoms with E-state index < -0.39 is 4.92 Å².